The lowest BCUT2D eigenvalue weighted by molar-refractivity contribution is -0.145. The number of rotatable bonds is 11. The van der Waals surface area contributed by atoms with E-state index in [2.05, 4.69) is 0 Å². The van der Waals surface area contributed by atoms with Gasteiger partial charge in [0.1, 0.15) is 16.7 Å². The first kappa shape index (κ1) is 31.9. The molecule has 1 unspecified atom stereocenters. The molecule has 0 saturated heterocycles. The number of hydrogen-bond donors (Lipinski definition) is 0. The minimum Gasteiger partial charge on any atom is -0.496 e. The molecule has 3 aromatic carbocycles. The lowest BCUT2D eigenvalue weighted by atomic mass is 10.0. The van der Waals surface area contributed by atoms with Crippen LogP contribution in [0.25, 0.3) is 10.4 Å². The number of sulfonamides is 1. The van der Waals surface area contributed by atoms with Crippen molar-refractivity contribution in [3.8, 4) is 16.2 Å². The second-order valence-corrected chi connectivity index (χ2v) is 13.0. The molecule has 4 rings (SSSR count). The number of esters is 2. The third-order valence-corrected chi connectivity index (χ3v) is 10.7. The number of carbonyl (C=O) groups excluding carboxylic acids is 2. The van der Waals surface area contributed by atoms with Crippen LogP contribution < -0.4 is 4.74 Å². The van der Waals surface area contributed by atoms with E-state index in [1.807, 2.05) is 67.6 Å². The molecule has 0 spiro atoms. The van der Waals surface area contributed by atoms with Gasteiger partial charge in [0.25, 0.3) is 0 Å². The first-order chi connectivity index (χ1) is 20.5. The van der Waals surface area contributed by atoms with Crippen LogP contribution in [-0.4, -0.2) is 52.0 Å². The fourth-order valence-corrected chi connectivity index (χ4v) is 8.03. The molecule has 0 aliphatic carbocycles. The van der Waals surface area contributed by atoms with Crippen molar-refractivity contribution in [3.63, 3.8) is 0 Å². The van der Waals surface area contributed by atoms with Crippen molar-refractivity contribution in [2.45, 2.75) is 44.7 Å². The zero-order valence-electron chi connectivity index (χ0n) is 25.0. The summed E-state index contributed by atoms with van der Waals surface area (Å²) in [6.45, 7) is 5.21. The molecule has 1 atom stereocenters. The van der Waals surface area contributed by atoms with Gasteiger partial charge in [0.2, 0.25) is 10.0 Å². The molecule has 0 fully saturated rings. The van der Waals surface area contributed by atoms with Crippen molar-refractivity contribution in [3.05, 3.63) is 105 Å². The summed E-state index contributed by atoms with van der Waals surface area (Å²) in [6.07, 6.45) is 0.129. The van der Waals surface area contributed by atoms with Crippen molar-refractivity contribution in [1.29, 1.82) is 0 Å². The van der Waals surface area contributed by atoms with E-state index in [9.17, 15) is 18.0 Å². The first-order valence-corrected chi connectivity index (χ1v) is 15.8. The lowest BCUT2D eigenvalue weighted by Crippen LogP contribution is -2.46. The molecule has 226 valence electrons. The number of nitrogens with zero attached hydrogens (tertiary/aromatic N) is 1. The van der Waals surface area contributed by atoms with Gasteiger partial charge in [0, 0.05) is 11.4 Å². The number of hydrogen-bond acceptors (Lipinski definition) is 8. The molecule has 4 aromatic rings. The average Bonchev–Trinajstić information content (AvgIpc) is 3.51. The van der Waals surface area contributed by atoms with Gasteiger partial charge in [-0.2, -0.15) is 4.31 Å². The Hall–Kier alpha value is -3.99. The van der Waals surface area contributed by atoms with E-state index >= 15 is 0 Å². The molecular formula is C33H35NO7S2. The van der Waals surface area contributed by atoms with E-state index in [0.717, 1.165) is 16.0 Å². The van der Waals surface area contributed by atoms with Gasteiger partial charge < -0.3 is 14.2 Å². The zero-order valence-corrected chi connectivity index (χ0v) is 26.7. The van der Waals surface area contributed by atoms with Crippen molar-refractivity contribution >= 4 is 33.3 Å². The van der Waals surface area contributed by atoms with Crippen molar-refractivity contribution in [2.75, 3.05) is 21.3 Å². The standard InChI is InChI=1S/C33H35NO7S2/c1-21-18-28(39-4)22(2)23(3)31(21)43(37,38)34(27(32(35)40-5)19-24-10-8-7-9-11-24)20-25-12-14-26(15-13-25)29-16-17-30(42-29)33(36)41-6/h7-18,27H,19-20H2,1-6H3. The van der Waals surface area contributed by atoms with E-state index in [1.165, 1.54) is 29.9 Å². The Kier molecular flexibility index (Phi) is 10.1. The van der Waals surface area contributed by atoms with Crippen molar-refractivity contribution < 1.29 is 32.2 Å². The normalized spacial score (nSPS) is 12.2. The first-order valence-electron chi connectivity index (χ1n) is 13.6. The van der Waals surface area contributed by atoms with Crippen LogP contribution in [-0.2, 0) is 37.3 Å². The number of aryl methyl sites for hydroxylation is 1. The van der Waals surface area contributed by atoms with Crippen molar-refractivity contribution in [2.24, 2.45) is 0 Å². The minimum atomic E-state index is -4.23. The van der Waals surface area contributed by atoms with Gasteiger partial charge in [-0.1, -0.05) is 54.6 Å². The fraction of sp³-hybridized carbons (Fsp3) is 0.273. The zero-order chi connectivity index (χ0) is 31.3. The van der Waals surface area contributed by atoms with Crippen LogP contribution >= 0.6 is 11.3 Å². The van der Waals surface area contributed by atoms with E-state index in [0.29, 0.717) is 32.9 Å². The van der Waals surface area contributed by atoms with Gasteiger partial charge in [-0.15, -0.1) is 11.3 Å². The summed E-state index contributed by atoms with van der Waals surface area (Å²) >= 11 is 1.31. The van der Waals surface area contributed by atoms with Crippen LogP contribution in [0.3, 0.4) is 0 Å². The van der Waals surface area contributed by atoms with Crippen molar-refractivity contribution in [1.82, 2.24) is 4.31 Å². The van der Waals surface area contributed by atoms with Gasteiger partial charge in [0.15, 0.2) is 0 Å². The minimum absolute atomic E-state index is 0.0724. The second kappa shape index (κ2) is 13.5. The van der Waals surface area contributed by atoms with E-state index < -0.39 is 28.0 Å². The highest BCUT2D eigenvalue weighted by Crippen LogP contribution is 2.35. The van der Waals surface area contributed by atoms with Gasteiger partial charge in [-0.05, 0) is 78.8 Å². The number of thiophene rings is 1. The monoisotopic (exact) mass is 621 g/mol. The molecule has 0 saturated carbocycles. The topological polar surface area (TPSA) is 99.2 Å². The summed E-state index contributed by atoms with van der Waals surface area (Å²) in [5.41, 5.74) is 4.12. The number of carbonyl (C=O) groups is 2. The molecular weight excluding hydrogens is 586 g/mol. The molecule has 0 amide bonds. The van der Waals surface area contributed by atoms with E-state index in [4.69, 9.17) is 14.2 Å². The Morgan fingerprint density at radius 2 is 1.51 bits per heavy atom. The Bertz CT molecular complexity index is 1710. The summed E-state index contributed by atoms with van der Waals surface area (Å²) in [7, 11) is -0.0790. The Morgan fingerprint density at radius 1 is 0.837 bits per heavy atom. The molecule has 0 aliphatic heterocycles. The molecule has 0 radical (unpaired) electrons. The molecule has 1 heterocycles. The van der Waals surface area contributed by atoms with Gasteiger partial charge in [-0.3, -0.25) is 4.79 Å². The van der Waals surface area contributed by atoms with Crippen LogP contribution in [0.5, 0.6) is 5.75 Å². The van der Waals surface area contributed by atoms with Gasteiger partial charge >= 0.3 is 11.9 Å². The highest BCUT2D eigenvalue weighted by molar-refractivity contribution is 7.89. The van der Waals surface area contributed by atoms with E-state index in [-0.39, 0.29) is 17.9 Å². The van der Waals surface area contributed by atoms with Crippen LogP contribution in [0.1, 0.15) is 37.5 Å². The van der Waals surface area contributed by atoms with Crippen LogP contribution in [0, 0.1) is 20.8 Å². The quantitative estimate of drug-likeness (QED) is 0.186. The lowest BCUT2D eigenvalue weighted by Gasteiger charge is -2.31. The number of ether oxygens (including phenoxy) is 3. The van der Waals surface area contributed by atoms with E-state index in [1.54, 1.807) is 33.1 Å². The molecule has 1 aromatic heterocycles. The summed E-state index contributed by atoms with van der Waals surface area (Å²) in [6, 6.07) is 20.8. The van der Waals surface area contributed by atoms with Gasteiger partial charge in [-0.25, -0.2) is 13.2 Å². The Labute approximate surface area is 256 Å². The predicted octanol–water partition coefficient (Wildman–Crippen LogP) is 6.11. The van der Waals surface area contributed by atoms with Crippen LogP contribution in [0.4, 0.5) is 0 Å². The van der Waals surface area contributed by atoms with Crippen LogP contribution in [0.15, 0.2) is 77.7 Å². The smallest absolute Gasteiger partial charge is 0.348 e. The molecule has 0 N–H and O–H groups in total. The molecule has 8 nitrogen and oxygen atoms in total. The summed E-state index contributed by atoms with van der Waals surface area (Å²) < 4.78 is 45.9. The maximum atomic E-state index is 14.6. The highest BCUT2D eigenvalue weighted by atomic mass is 32.2. The number of benzene rings is 3. The molecule has 43 heavy (non-hydrogen) atoms. The SMILES string of the molecule is COC(=O)c1ccc(-c2ccc(CN(C(Cc3ccccc3)C(=O)OC)S(=O)(=O)c3c(C)cc(OC)c(C)c3C)cc2)s1. The largest absolute Gasteiger partial charge is 0.496 e. The second-order valence-electron chi connectivity index (χ2n) is 10.1. The predicted molar refractivity (Wildman–Crippen MR) is 167 cm³/mol. The molecule has 10 heteroatoms. The maximum absolute atomic E-state index is 14.6. The summed E-state index contributed by atoms with van der Waals surface area (Å²) in [5, 5.41) is 0. The molecule has 0 aliphatic rings. The molecule has 0 bridgehead atoms. The summed E-state index contributed by atoms with van der Waals surface area (Å²) in [4.78, 5) is 26.7. The van der Waals surface area contributed by atoms with Crippen LogP contribution in [0.2, 0.25) is 0 Å². The third-order valence-electron chi connectivity index (χ3n) is 7.43. The number of methoxy groups -OCH3 is 3. The van der Waals surface area contributed by atoms with Gasteiger partial charge in [0.05, 0.1) is 26.2 Å². The average molecular weight is 622 g/mol. The highest BCUT2D eigenvalue weighted by Gasteiger charge is 2.39. The summed E-state index contributed by atoms with van der Waals surface area (Å²) in [5.74, 6) is -0.465. The maximum Gasteiger partial charge on any atom is 0.348 e. The fourth-order valence-electron chi connectivity index (χ4n) is 5.04. The Morgan fingerprint density at radius 3 is 2.12 bits per heavy atom. The Balaban J connectivity index is 1.80. The third kappa shape index (κ3) is 6.82.